The molecule has 1 aliphatic rings. The summed E-state index contributed by atoms with van der Waals surface area (Å²) in [6.45, 7) is 12.2. The van der Waals surface area contributed by atoms with E-state index in [1.807, 2.05) is 0 Å². The average molecular weight is 169 g/mol. The van der Waals surface area contributed by atoms with Crippen molar-refractivity contribution in [3.63, 3.8) is 0 Å². The van der Waals surface area contributed by atoms with Crippen LogP contribution in [0.25, 0.3) is 0 Å². The number of ether oxygens (including phenoxy) is 1. The van der Waals surface area contributed by atoms with E-state index in [4.69, 9.17) is 4.74 Å². The molecule has 0 unspecified atom stereocenters. The van der Waals surface area contributed by atoms with Gasteiger partial charge in [0, 0.05) is 18.8 Å². The van der Waals surface area contributed by atoms with Crippen LogP contribution in [0.1, 0.15) is 20.3 Å². The Morgan fingerprint density at radius 2 is 2.33 bits per heavy atom. The number of rotatable bonds is 3. The maximum atomic E-state index is 5.28. The van der Waals surface area contributed by atoms with Crippen LogP contribution in [0.5, 0.6) is 0 Å². The Hall–Kier alpha value is -0.500. The third kappa shape index (κ3) is 2.86. The van der Waals surface area contributed by atoms with Gasteiger partial charge in [0.15, 0.2) is 0 Å². The van der Waals surface area contributed by atoms with E-state index in [2.05, 4.69) is 25.3 Å². The minimum atomic E-state index is 0.720. The standard InChI is InChI=1S/C10H19NO/c1-9(2)4-5-11-6-7-12-8-10(11)3/h9H,3-8H2,1-2H3. The highest BCUT2D eigenvalue weighted by Gasteiger charge is 2.12. The highest BCUT2D eigenvalue weighted by Crippen LogP contribution is 2.10. The molecule has 1 saturated heterocycles. The van der Waals surface area contributed by atoms with E-state index in [-0.39, 0.29) is 0 Å². The Morgan fingerprint density at radius 3 is 2.92 bits per heavy atom. The second kappa shape index (κ2) is 4.51. The summed E-state index contributed by atoms with van der Waals surface area (Å²) in [4.78, 5) is 2.34. The fourth-order valence-corrected chi connectivity index (χ4v) is 1.30. The molecule has 0 aromatic rings. The lowest BCUT2D eigenvalue weighted by Gasteiger charge is -2.31. The van der Waals surface area contributed by atoms with Crippen LogP contribution in [-0.2, 0) is 4.74 Å². The Kier molecular flexibility index (Phi) is 3.60. The van der Waals surface area contributed by atoms with Gasteiger partial charge in [-0.1, -0.05) is 20.4 Å². The van der Waals surface area contributed by atoms with Gasteiger partial charge in [-0.3, -0.25) is 0 Å². The van der Waals surface area contributed by atoms with Crippen LogP contribution in [0.15, 0.2) is 12.3 Å². The molecule has 0 N–H and O–H groups in total. The molecule has 70 valence electrons. The first-order valence-electron chi connectivity index (χ1n) is 4.70. The van der Waals surface area contributed by atoms with Gasteiger partial charge in [0.25, 0.3) is 0 Å². The maximum Gasteiger partial charge on any atom is 0.0859 e. The van der Waals surface area contributed by atoms with Crippen LogP contribution in [0, 0.1) is 5.92 Å². The van der Waals surface area contributed by atoms with Crippen LogP contribution in [0.4, 0.5) is 0 Å². The number of morpholine rings is 1. The van der Waals surface area contributed by atoms with Crippen LogP contribution >= 0.6 is 0 Å². The molecule has 1 rings (SSSR count). The molecule has 2 heteroatoms. The van der Waals surface area contributed by atoms with E-state index in [0.717, 1.165) is 37.9 Å². The molecule has 0 bridgehead atoms. The lowest BCUT2D eigenvalue weighted by atomic mass is 10.1. The maximum absolute atomic E-state index is 5.28. The zero-order valence-electron chi connectivity index (χ0n) is 8.18. The molecule has 2 nitrogen and oxygen atoms in total. The zero-order valence-corrected chi connectivity index (χ0v) is 8.18. The Balaban J connectivity index is 2.25. The second-order valence-corrected chi connectivity index (χ2v) is 3.79. The molecule has 0 saturated carbocycles. The number of nitrogens with zero attached hydrogens (tertiary/aromatic N) is 1. The summed E-state index contributed by atoms with van der Waals surface area (Å²) in [5, 5.41) is 0. The third-order valence-electron chi connectivity index (χ3n) is 2.20. The second-order valence-electron chi connectivity index (χ2n) is 3.79. The molecule has 0 aromatic heterocycles. The lowest BCUT2D eigenvalue weighted by Crippen LogP contribution is -2.34. The number of hydrogen-bond acceptors (Lipinski definition) is 2. The van der Waals surface area contributed by atoms with Crippen molar-refractivity contribution in [1.29, 1.82) is 0 Å². The first kappa shape index (κ1) is 9.59. The smallest absolute Gasteiger partial charge is 0.0859 e. The van der Waals surface area contributed by atoms with Crippen molar-refractivity contribution < 1.29 is 4.74 Å². The molecule has 0 radical (unpaired) electrons. The first-order valence-corrected chi connectivity index (χ1v) is 4.70. The van der Waals surface area contributed by atoms with Crippen LogP contribution in [-0.4, -0.2) is 31.2 Å². The summed E-state index contributed by atoms with van der Waals surface area (Å²) < 4.78 is 5.28. The van der Waals surface area contributed by atoms with Gasteiger partial charge in [0.2, 0.25) is 0 Å². The van der Waals surface area contributed by atoms with Crippen LogP contribution < -0.4 is 0 Å². The molecule has 1 aliphatic heterocycles. The monoisotopic (exact) mass is 169 g/mol. The molecule has 0 spiro atoms. The minimum Gasteiger partial charge on any atom is -0.373 e. The van der Waals surface area contributed by atoms with Gasteiger partial charge in [-0.25, -0.2) is 0 Å². The quantitative estimate of drug-likeness (QED) is 0.639. The molecule has 0 amide bonds. The first-order chi connectivity index (χ1) is 5.70. The van der Waals surface area contributed by atoms with Crippen molar-refractivity contribution in [2.45, 2.75) is 20.3 Å². The zero-order chi connectivity index (χ0) is 8.97. The third-order valence-corrected chi connectivity index (χ3v) is 2.20. The van der Waals surface area contributed by atoms with Crippen molar-refractivity contribution >= 4 is 0 Å². The van der Waals surface area contributed by atoms with Gasteiger partial charge in [0.05, 0.1) is 13.2 Å². The van der Waals surface area contributed by atoms with Crippen LogP contribution in [0.3, 0.4) is 0 Å². The van der Waals surface area contributed by atoms with E-state index in [1.165, 1.54) is 6.42 Å². The summed E-state index contributed by atoms with van der Waals surface area (Å²) in [6.07, 6.45) is 1.25. The molecule has 0 atom stereocenters. The van der Waals surface area contributed by atoms with E-state index in [0.29, 0.717) is 0 Å². The van der Waals surface area contributed by atoms with Gasteiger partial charge in [-0.2, -0.15) is 0 Å². The van der Waals surface area contributed by atoms with Gasteiger partial charge in [0.1, 0.15) is 0 Å². The summed E-state index contributed by atoms with van der Waals surface area (Å²) >= 11 is 0. The summed E-state index contributed by atoms with van der Waals surface area (Å²) in [6, 6.07) is 0. The normalized spacial score (nSPS) is 18.9. The Bertz CT molecular complexity index is 154. The molecular formula is C10H19NO. The van der Waals surface area contributed by atoms with Gasteiger partial charge in [-0.15, -0.1) is 0 Å². The molecule has 1 fully saturated rings. The molecular weight excluding hydrogens is 150 g/mol. The Morgan fingerprint density at radius 1 is 1.58 bits per heavy atom. The highest BCUT2D eigenvalue weighted by atomic mass is 16.5. The number of hydrogen-bond donors (Lipinski definition) is 0. The topological polar surface area (TPSA) is 12.5 Å². The van der Waals surface area contributed by atoms with Crippen molar-refractivity contribution in [3.8, 4) is 0 Å². The average Bonchev–Trinajstić information content (AvgIpc) is 2.03. The van der Waals surface area contributed by atoms with Crippen molar-refractivity contribution in [2.75, 3.05) is 26.3 Å². The van der Waals surface area contributed by atoms with E-state index < -0.39 is 0 Å². The predicted molar refractivity (Wildman–Crippen MR) is 51.0 cm³/mol. The fourth-order valence-electron chi connectivity index (χ4n) is 1.30. The fraction of sp³-hybridized carbons (Fsp3) is 0.800. The Labute approximate surface area is 75.2 Å². The van der Waals surface area contributed by atoms with Crippen molar-refractivity contribution in [1.82, 2.24) is 4.90 Å². The van der Waals surface area contributed by atoms with Gasteiger partial charge < -0.3 is 9.64 Å². The minimum absolute atomic E-state index is 0.720. The molecule has 0 aliphatic carbocycles. The van der Waals surface area contributed by atoms with Gasteiger partial charge in [-0.05, 0) is 12.3 Å². The van der Waals surface area contributed by atoms with E-state index in [1.54, 1.807) is 0 Å². The summed E-state index contributed by atoms with van der Waals surface area (Å²) in [7, 11) is 0. The summed E-state index contributed by atoms with van der Waals surface area (Å²) in [5.74, 6) is 0.778. The molecule has 0 aromatic carbocycles. The van der Waals surface area contributed by atoms with E-state index >= 15 is 0 Å². The predicted octanol–water partition coefficient (Wildman–Crippen LogP) is 1.88. The van der Waals surface area contributed by atoms with Gasteiger partial charge >= 0.3 is 0 Å². The van der Waals surface area contributed by atoms with Crippen LogP contribution in [0.2, 0.25) is 0 Å². The highest BCUT2D eigenvalue weighted by molar-refractivity contribution is 4.96. The molecule has 12 heavy (non-hydrogen) atoms. The SMILES string of the molecule is C=C1COCCN1CCC(C)C. The summed E-state index contributed by atoms with van der Waals surface area (Å²) in [5.41, 5.74) is 1.14. The molecule has 1 heterocycles. The largest absolute Gasteiger partial charge is 0.373 e. The van der Waals surface area contributed by atoms with Crippen molar-refractivity contribution in [3.05, 3.63) is 12.3 Å². The van der Waals surface area contributed by atoms with E-state index in [9.17, 15) is 0 Å². The van der Waals surface area contributed by atoms with Crippen molar-refractivity contribution in [2.24, 2.45) is 5.92 Å². The lowest BCUT2D eigenvalue weighted by molar-refractivity contribution is 0.0720.